The van der Waals surface area contributed by atoms with Crippen LogP contribution in [0.25, 0.3) is 0 Å². The maximum absolute atomic E-state index is 13.2. The van der Waals surface area contributed by atoms with Gasteiger partial charge in [0.2, 0.25) is 0 Å². The van der Waals surface area contributed by atoms with E-state index in [4.69, 9.17) is 9.84 Å². The Bertz CT molecular complexity index is 418. The average molecular weight is 253 g/mol. The number of halogens is 1. The van der Waals surface area contributed by atoms with Crippen molar-refractivity contribution in [1.29, 1.82) is 0 Å². The number of carboxylic acid groups (broad SMARTS) is 1. The molecule has 1 heterocycles. The summed E-state index contributed by atoms with van der Waals surface area (Å²) in [6, 6.07) is 6.31. The van der Waals surface area contributed by atoms with Crippen molar-refractivity contribution in [2.45, 2.75) is 6.42 Å². The number of hydrogen-bond acceptors (Lipinski definition) is 3. The molecule has 2 rings (SSSR count). The molecule has 5 heteroatoms. The Labute approximate surface area is 105 Å². The van der Waals surface area contributed by atoms with Crippen molar-refractivity contribution in [2.75, 3.05) is 26.2 Å². The smallest absolute Gasteiger partial charge is 0.303 e. The van der Waals surface area contributed by atoms with Crippen LogP contribution in [-0.2, 0) is 4.79 Å². The molecule has 0 aromatic heterocycles. The largest absolute Gasteiger partial charge is 0.489 e. The van der Waals surface area contributed by atoms with Crippen LogP contribution in [0.15, 0.2) is 24.3 Å². The Morgan fingerprint density at radius 3 is 2.83 bits per heavy atom. The van der Waals surface area contributed by atoms with Gasteiger partial charge in [-0.25, -0.2) is 4.39 Å². The van der Waals surface area contributed by atoms with Crippen LogP contribution < -0.4 is 4.74 Å². The molecule has 98 valence electrons. The molecule has 1 saturated heterocycles. The summed E-state index contributed by atoms with van der Waals surface area (Å²) >= 11 is 0. The molecule has 4 nitrogen and oxygen atoms in total. The number of benzene rings is 1. The van der Waals surface area contributed by atoms with Gasteiger partial charge in [0.1, 0.15) is 6.61 Å². The van der Waals surface area contributed by atoms with Crippen LogP contribution in [0.2, 0.25) is 0 Å². The third-order valence-corrected chi connectivity index (χ3v) is 3.00. The van der Waals surface area contributed by atoms with Gasteiger partial charge >= 0.3 is 5.97 Å². The van der Waals surface area contributed by atoms with Crippen LogP contribution in [0.3, 0.4) is 0 Å². The van der Waals surface area contributed by atoms with Gasteiger partial charge in [0.15, 0.2) is 11.6 Å². The molecule has 0 saturated carbocycles. The number of ether oxygens (including phenoxy) is 1. The highest BCUT2D eigenvalue weighted by Crippen LogP contribution is 2.19. The monoisotopic (exact) mass is 253 g/mol. The van der Waals surface area contributed by atoms with Gasteiger partial charge in [0, 0.05) is 19.6 Å². The van der Waals surface area contributed by atoms with Crippen molar-refractivity contribution < 1.29 is 19.0 Å². The van der Waals surface area contributed by atoms with E-state index in [-0.39, 0.29) is 23.9 Å². The molecule has 0 aliphatic carbocycles. The van der Waals surface area contributed by atoms with Crippen LogP contribution in [0.4, 0.5) is 4.39 Å². The van der Waals surface area contributed by atoms with E-state index >= 15 is 0 Å². The molecule has 1 aliphatic rings. The van der Waals surface area contributed by atoms with E-state index in [2.05, 4.69) is 4.90 Å². The lowest BCUT2D eigenvalue weighted by Gasteiger charge is -2.38. The fraction of sp³-hybridized carbons (Fsp3) is 0.462. The maximum Gasteiger partial charge on any atom is 0.303 e. The number of rotatable bonds is 6. The van der Waals surface area contributed by atoms with Gasteiger partial charge in [-0.1, -0.05) is 12.1 Å². The van der Waals surface area contributed by atoms with Crippen LogP contribution in [0.1, 0.15) is 6.42 Å². The molecule has 18 heavy (non-hydrogen) atoms. The van der Waals surface area contributed by atoms with Crippen molar-refractivity contribution >= 4 is 5.97 Å². The predicted molar refractivity (Wildman–Crippen MR) is 64.1 cm³/mol. The molecule has 0 amide bonds. The van der Waals surface area contributed by atoms with E-state index in [9.17, 15) is 9.18 Å². The molecule has 0 bridgehead atoms. The van der Waals surface area contributed by atoms with Gasteiger partial charge in [0.25, 0.3) is 0 Å². The summed E-state index contributed by atoms with van der Waals surface area (Å²) in [6.07, 6.45) is 0.227. The number of hydrogen-bond donors (Lipinski definition) is 1. The Balaban J connectivity index is 1.63. The van der Waals surface area contributed by atoms with E-state index in [0.717, 1.165) is 13.1 Å². The Morgan fingerprint density at radius 1 is 1.44 bits per heavy atom. The SMILES string of the molecule is O=C(O)CC1CN(CCOc2ccccc2F)C1. The number of carbonyl (C=O) groups is 1. The Kier molecular flexibility index (Phi) is 4.15. The number of aliphatic carboxylic acids is 1. The fourth-order valence-corrected chi connectivity index (χ4v) is 2.08. The van der Waals surface area contributed by atoms with E-state index in [1.807, 2.05) is 0 Å². The standard InChI is InChI=1S/C13H16FNO3/c14-11-3-1-2-4-12(11)18-6-5-15-8-10(9-15)7-13(16)17/h1-4,10H,5-9H2,(H,16,17). The number of carboxylic acids is 1. The zero-order valence-corrected chi connectivity index (χ0v) is 10.0. The van der Waals surface area contributed by atoms with Crippen LogP contribution in [0.5, 0.6) is 5.75 Å². The van der Waals surface area contributed by atoms with Gasteiger partial charge in [-0.2, -0.15) is 0 Å². The molecule has 0 unspecified atom stereocenters. The summed E-state index contributed by atoms with van der Waals surface area (Å²) in [5, 5.41) is 8.61. The van der Waals surface area contributed by atoms with Gasteiger partial charge < -0.3 is 9.84 Å². The first-order valence-electron chi connectivity index (χ1n) is 5.96. The van der Waals surface area contributed by atoms with Crippen molar-refractivity contribution in [3.63, 3.8) is 0 Å². The number of para-hydroxylation sites is 1. The van der Waals surface area contributed by atoms with E-state index in [0.29, 0.717) is 13.2 Å². The highest BCUT2D eigenvalue weighted by Gasteiger charge is 2.27. The van der Waals surface area contributed by atoms with Gasteiger partial charge in [-0.3, -0.25) is 9.69 Å². The molecule has 1 aliphatic heterocycles. The average Bonchev–Trinajstić information content (AvgIpc) is 2.27. The van der Waals surface area contributed by atoms with Crippen molar-refractivity contribution in [1.82, 2.24) is 4.90 Å². The summed E-state index contributed by atoms with van der Waals surface area (Å²) < 4.78 is 18.5. The van der Waals surface area contributed by atoms with Crippen molar-refractivity contribution in [3.05, 3.63) is 30.1 Å². The van der Waals surface area contributed by atoms with E-state index < -0.39 is 5.97 Å². The summed E-state index contributed by atoms with van der Waals surface area (Å²) in [5.74, 6) is -0.594. The summed E-state index contributed by atoms with van der Waals surface area (Å²) in [6.45, 7) is 2.69. The molecule has 1 aromatic rings. The minimum absolute atomic E-state index is 0.227. The maximum atomic E-state index is 13.2. The molecule has 0 spiro atoms. The third-order valence-electron chi connectivity index (χ3n) is 3.00. The van der Waals surface area contributed by atoms with Gasteiger partial charge in [-0.15, -0.1) is 0 Å². The van der Waals surface area contributed by atoms with Crippen LogP contribution >= 0.6 is 0 Å². The second kappa shape index (κ2) is 5.82. The Hall–Kier alpha value is -1.62. The van der Waals surface area contributed by atoms with Gasteiger partial charge in [0.05, 0.1) is 6.42 Å². The second-order valence-corrected chi connectivity index (χ2v) is 4.50. The van der Waals surface area contributed by atoms with Crippen LogP contribution in [0, 0.1) is 11.7 Å². The van der Waals surface area contributed by atoms with Crippen molar-refractivity contribution in [2.24, 2.45) is 5.92 Å². The third kappa shape index (κ3) is 3.43. The summed E-state index contributed by atoms with van der Waals surface area (Å²) in [4.78, 5) is 12.6. The predicted octanol–water partition coefficient (Wildman–Crippen LogP) is 1.61. The first-order valence-corrected chi connectivity index (χ1v) is 5.96. The molecule has 1 N–H and O–H groups in total. The molecular weight excluding hydrogens is 237 g/mol. The zero-order valence-electron chi connectivity index (χ0n) is 10.0. The van der Waals surface area contributed by atoms with E-state index in [1.54, 1.807) is 18.2 Å². The normalized spacial score (nSPS) is 16.3. The summed E-state index contributed by atoms with van der Waals surface area (Å²) in [7, 11) is 0. The van der Waals surface area contributed by atoms with E-state index in [1.165, 1.54) is 6.07 Å². The summed E-state index contributed by atoms with van der Waals surface area (Å²) in [5.41, 5.74) is 0. The Morgan fingerprint density at radius 2 is 2.17 bits per heavy atom. The molecule has 0 atom stereocenters. The fourth-order valence-electron chi connectivity index (χ4n) is 2.08. The zero-order chi connectivity index (χ0) is 13.0. The molecule has 1 aromatic carbocycles. The quantitative estimate of drug-likeness (QED) is 0.836. The lowest BCUT2D eigenvalue weighted by Crippen LogP contribution is -2.48. The lowest BCUT2D eigenvalue weighted by atomic mass is 9.97. The number of likely N-dealkylation sites (tertiary alicyclic amines) is 1. The highest BCUT2D eigenvalue weighted by atomic mass is 19.1. The first-order chi connectivity index (χ1) is 8.65. The minimum atomic E-state index is -0.748. The second-order valence-electron chi connectivity index (χ2n) is 4.50. The molecule has 1 fully saturated rings. The first kappa shape index (κ1) is 12.8. The van der Waals surface area contributed by atoms with Crippen molar-refractivity contribution in [3.8, 4) is 5.75 Å². The molecule has 0 radical (unpaired) electrons. The number of nitrogens with zero attached hydrogens (tertiary/aromatic N) is 1. The lowest BCUT2D eigenvalue weighted by molar-refractivity contribution is -0.139. The topological polar surface area (TPSA) is 49.8 Å². The van der Waals surface area contributed by atoms with Crippen LogP contribution in [-0.4, -0.2) is 42.2 Å². The van der Waals surface area contributed by atoms with Gasteiger partial charge in [-0.05, 0) is 18.1 Å². The minimum Gasteiger partial charge on any atom is -0.489 e. The molecular formula is C13H16FNO3. The highest BCUT2D eigenvalue weighted by molar-refractivity contribution is 5.67.